The summed E-state index contributed by atoms with van der Waals surface area (Å²) in [6, 6.07) is 4.89. The van der Waals surface area contributed by atoms with Crippen molar-refractivity contribution in [1.82, 2.24) is 10.2 Å². The number of rotatable bonds is 5. The first kappa shape index (κ1) is 22.8. The molecule has 1 spiro atoms. The number of amides is 4. The van der Waals surface area contributed by atoms with Crippen LogP contribution in [0.2, 0.25) is 0 Å². The van der Waals surface area contributed by atoms with E-state index in [9.17, 15) is 19.2 Å². The maximum atomic E-state index is 13.1. The highest BCUT2D eigenvalue weighted by molar-refractivity contribution is 6.09. The van der Waals surface area contributed by atoms with Gasteiger partial charge in [-0.3, -0.25) is 19.3 Å². The van der Waals surface area contributed by atoms with Gasteiger partial charge in [0.15, 0.2) is 6.61 Å². The van der Waals surface area contributed by atoms with Gasteiger partial charge in [0, 0.05) is 5.69 Å². The molecule has 0 unspecified atom stereocenters. The number of benzene rings is 1. The van der Waals surface area contributed by atoms with Crippen LogP contribution in [0.15, 0.2) is 18.2 Å². The molecule has 0 aromatic heterocycles. The SMILES string of the molecule is Cc1ccc(NC(=O)COC(=O)CN2C(=O)N[C@]3(C[C@H](C)CC(C)(C)C3)C2=O)cc1C. The van der Waals surface area contributed by atoms with Gasteiger partial charge in [-0.05, 0) is 67.7 Å². The number of nitrogens with zero attached hydrogens (tertiary/aromatic N) is 1. The number of carbonyl (C=O) groups is 4. The number of carbonyl (C=O) groups excluding carboxylic acids is 4. The Kier molecular flexibility index (Phi) is 6.11. The predicted molar refractivity (Wildman–Crippen MR) is 115 cm³/mol. The first-order chi connectivity index (χ1) is 14.4. The number of hydrogen-bond acceptors (Lipinski definition) is 5. The minimum atomic E-state index is -0.973. The molecule has 2 N–H and O–H groups in total. The number of nitrogens with one attached hydrogen (secondary N) is 2. The zero-order valence-electron chi connectivity index (χ0n) is 18.8. The van der Waals surface area contributed by atoms with Gasteiger partial charge in [-0.2, -0.15) is 0 Å². The molecule has 3 rings (SSSR count). The zero-order valence-corrected chi connectivity index (χ0v) is 18.8. The summed E-state index contributed by atoms with van der Waals surface area (Å²) in [4.78, 5) is 50.7. The summed E-state index contributed by atoms with van der Waals surface area (Å²) in [6.07, 6.45) is 2.04. The van der Waals surface area contributed by atoms with Crippen molar-refractivity contribution in [3.8, 4) is 0 Å². The largest absolute Gasteiger partial charge is 0.454 e. The molecule has 8 nitrogen and oxygen atoms in total. The summed E-state index contributed by atoms with van der Waals surface area (Å²) in [5.41, 5.74) is 1.67. The van der Waals surface area contributed by atoms with Crippen molar-refractivity contribution in [2.75, 3.05) is 18.5 Å². The van der Waals surface area contributed by atoms with Gasteiger partial charge in [-0.1, -0.05) is 26.8 Å². The highest BCUT2D eigenvalue weighted by Gasteiger charge is 2.56. The van der Waals surface area contributed by atoms with Gasteiger partial charge in [0.25, 0.3) is 11.8 Å². The average molecular weight is 430 g/mol. The van der Waals surface area contributed by atoms with Crippen molar-refractivity contribution in [1.29, 1.82) is 0 Å². The predicted octanol–water partition coefficient (Wildman–Crippen LogP) is 2.92. The molecule has 1 aromatic rings. The third-order valence-corrected chi connectivity index (χ3v) is 6.07. The van der Waals surface area contributed by atoms with Gasteiger partial charge in [0.1, 0.15) is 12.1 Å². The molecular formula is C23H31N3O5. The lowest BCUT2D eigenvalue weighted by atomic mass is 9.64. The fourth-order valence-corrected chi connectivity index (χ4v) is 4.99. The second-order valence-electron chi connectivity index (χ2n) is 9.77. The summed E-state index contributed by atoms with van der Waals surface area (Å²) >= 11 is 0. The van der Waals surface area contributed by atoms with E-state index in [0.717, 1.165) is 22.4 Å². The Morgan fingerprint density at radius 1 is 1.19 bits per heavy atom. The van der Waals surface area contributed by atoms with E-state index in [4.69, 9.17) is 4.74 Å². The van der Waals surface area contributed by atoms with E-state index < -0.39 is 42.5 Å². The second-order valence-corrected chi connectivity index (χ2v) is 9.77. The highest BCUT2D eigenvalue weighted by atomic mass is 16.5. The molecule has 1 aliphatic heterocycles. The first-order valence-electron chi connectivity index (χ1n) is 10.6. The van der Waals surface area contributed by atoms with Crippen molar-refractivity contribution >= 4 is 29.5 Å². The molecule has 0 bridgehead atoms. The van der Waals surface area contributed by atoms with Crippen LogP contribution < -0.4 is 10.6 Å². The molecule has 1 saturated carbocycles. The number of aryl methyl sites for hydroxylation is 2. The molecule has 2 atom stereocenters. The van der Waals surface area contributed by atoms with Crippen molar-refractivity contribution in [3.05, 3.63) is 29.3 Å². The summed E-state index contributed by atoms with van der Waals surface area (Å²) < 4.78 is 5.00. The molecule has 1 aromatic carbocycles. The normalized spacial score (nSPS) is 24.8. The van der Waals surface area contributed by atoms with Gasteiger partial charge in [0.2, 0.25) is 0 Å². The number of imide groups is 1. The quantitative estimate of drug-likeness (QED) is 0.553. The van der Waals surface area contributed by atoms with Crippen LogP contribution >= 0.6 is 0 Å². The average Bonchev–Trinajstić information content (AvgIpc) is 2.84. The molecule has 1 aliphatic carbocycles. The molecule has 31 heavy (non-hydrogen) atoms. The van der Waals surface area contributed by atoms with Crippen LogP contribution in [0.1, 0.15) is 51.2 Å². The lowest BCUT2D eigenvalue weighted by Crippen LogP contribution is -2.54. The maximum absolute atomic E-state index is 13.1. The molecule has 2 aliphatic rings. The summed E-state index contributed by atoms with van der Waals surface area (Å²) in [7, 11) is 0. The monoisotopic (exact) mass is 429 g/mol. The number of ether oxygens (including phenoxy) is 1. The van der Waals surface area contributed by atoms with E-state index in [2.05, 4.69) is 31.4 Å². The van der Waals surface area contributed by atoms with E-state index in [1.807, 2.05) is 26.0 Å². The minimum absolute atomic E-state index is 0.0937. The molecule has 1 heterocycles. The van der Waals surface area contributed by atoms with Crippen LogP contribution in [-0.4, -0.2) is 47.4 Å². The summed E-state index contributed by atoms with van der Waals surface area (Å²) in [6.45, 7) is 9.11. The Morgan fingerprint density at radius 2 is 1.90 bits per heavy atom. The van der Waals surface area contributed by atoms with Crippen molar-refractivity contribution in [2.24, 2.45) is 11.3 Å². The van der Waals surface area contributed by atoms with Crippen LogP contribution in [0.5, 0.6) is 0 Å². The van der Waals surface area contributed by atoms with E-state index in [-0.39, 0.29) is 11.3 Å². The maximum Gasteiger partial charge on any atom is 0.326 e. The number of hydrogen-bond donors (Lipinski definition) is 2. The van der Waals surface area contributed by atoms with Crippen LogP contribution in [0.3, 0.4) is 0 Å². The van der Waals surface area contributed by atoms with Crippen molar-refractivity contribution in [3.63, 3.8) is 0 Å². The first-order valence-corrected chi connectivity index (χ1v) is 10.6. The van der Waals surface area contributed by atoms with Gasteiger partial charge in [0.05, 0.1) is 0 Å². The van der Waals surface area contributed by atoms with Gasteiger partial charge < -0.3 is 15.4 Å². The number of esters is 1. The molecular weight excluding hydrogens is 398 g/mol. The Labute approximate surface area is 182 Å². The third-order valence-electron chi connectivity index (χ3n) is 6.07. The Balaban J connectivity index is 1.55. The van der Waals surface area contributed by atoms with Crippen LogP contribution in [0.4, 0.5) is 10.5 Å². The van der Waals surface area contributed by atoms with Gasteiger partial charge in [-0.15, -0.1) is 0 Å². The molecule has 0 radical (unpaired) electrons. The van der Waals surface area contributed by atoms with Gasteiger partial charge in [-0.25, -0.2) is 4.79 Å². The third kappa shape index (κ3) is 5.06. The smallest absolute Gasteiger partial charge is 0.326 e. The highest BCUT2D eigenvalue weighted by Crippen LogP contribution is 2.46. The van der Waals surface area contributed by atoms with E-state index in [0.29, 0.717) is 18.5 Å². The second kappa shape index (κ2) is 8.32. The molecule has 1 saturated heterocycles. The van der Waals surface area contributed by atoms with E-state index >= 15 is 0 Å². The Morgan fingerprint density at radius 3 is 2.55 bits per heavy atom. The zero-order chi connectivity index (χ0) is 23.0. The minimum Gasteiger partial charge on any atom is -0.454 e. The topological polar surface area (TPSA) is 105 Å². The Hall–Kier alpha value is -2.90. The fourth-order valence-electron chi connectivity index (χ4n) is 4.99. The lowest BCUT2D eigenvalue weighted by Gasteiger charge is -2.43. The van der Waals surface area contributed by atoms with Crippen LogP contribution in [-0.2, 0) is 19.1 Å². The van der Waals surface area contributed by atoms with Crippen LogP contribution in [0.25, 0.3) is 0 Å². The molecule has 4 amide bonds. The van der Waals surface area contributed by atoms with E-state index in [1.165, 1.54) is 0 Å². The summed E-state index contributed by atoms with van der Waals surface area (Å²) in [5.74, 6) is -1.42. The Bertz CT molecular complexity index is 926. The lowest BCUT2D eigenvalue weighted by molar-refractivity contribution is -0.150. The summed E-state index contributed by atoms with van der Waals surface area (Å²) in [5, 5.41) is 5.48. The molecule has 2 fully saturated rings. The van der Waals surface area contributed by atoms with Crippen molar-refractivity contribution in [2.45, 2.75) is 59.4 Å². The number of anilines is 1. The van der Waals surface area contributed by atoms with Crippen molar-refractivity contribution < 1.29 is 23.9 Å². The molecule has 168 valence electrons. The van der Waals surface area contributed by atoms with Gasteiger partial charge >= 0.3 is 12.0 Å². The fraction of sp³-hybridized carbons (Fsp3) is 0.565. The van der Waals surface area contributed by atoms with Crippen LogP contribution in [0, 0.1) is 25.2 Å². The molecule has 8 heteroatoms. The van der Waals surface area contributed by atoms with E-state index in [1.54, 1.807) is 6.07 Å². The number of urea groups is 1. The standard InChI is InChI=1S/C23H31N3O5/c1-14-9-22(4,5)13-23(10-14)20(29)26(21(30)25-23)11-19(28)31-12-18(27)24-17-7-6-15(2)16(3)8-17/h6-8,14H,9-13H2,1-5H3,(H,24,27)(H,25,30)/t14-,23+/m1/s1.